The van der Waals surface area contributed by atoms with Crippen molar-refractivity contribution >= 4 is 40.7 Å². The van der Waals surface area contributed by atoms with Gasteiger partial charge in [-0.25, -0.2) is 4.39 Å². The van der Waals surface area contributed by atoms with Gasteiger partial charge in [0.1, 0.15) is 5.82 Å². The SMILES string of the molecule is CN(C)C(=O)C1CCN(C2CN(CC[C@H](CN(C)C(=O)c3cc(Br)cc(C(F)(F)F)c3)c3ccc(F)cc3)C2)CC1.O=CO.O=CO. The summed E-state index contributed by atoms with van der Waals surface area (Å²) >= 11 is 3.09. The molecule has 2 fully saturated rings. The molecule has 15 heteroatoms. The van der Waals surface area contributed by atoms with Gasteiger partial charge in [0.05, 0.1) is 5.56 Å². The third-order valence-corrected chi connectivity index (χ3v) is 8.68. The molecule has 4 rings (SSSR count). The predicted molar refractivity (Wildman–Crippen MR) is 170 cm³/mol. The second kappa shape index (κ2) is 18.7. The number of likely N-dealkylation sites (N-methyl/N-ethyl adjacent to an activating group) is 1. The number of carboxylic acid groups (broad SMARTS) is 2. The first-order valence-corrected chi connectivity index (χ1v) is 15.7. The summed E-state index contributed by atoms with van der Waals surface area (Å²) in [4.78, 5) is 50.1. The molecule has 10 nitrogen and oxygen atoms in total. The number of carbonyl (C=O) groups excluding carboxylic acids is 2. The van der Waals surface area contributed by atoms with Crippen LogP contribution in [0.3, 0.4) is 0 Å². The summed E-state index contributed by atoms with van der Waals surface area (Å²) in [6.45, 7) is 4.25. The van der Waals surface area contributed by atoms with Crippen molar-refractivity contribution in [2.24, 2.45) is 5.92 Å². The Morgan fingerprint density at radius 3 is 2.06 bits per heavy atom. The minimum absolute atomic E-state index is 0.0475. The van der Waals surface area contributed by atoms with Crippen LogP contribution in [0.15, 0.2) is 46.9 Å². The van der Waals surface area contributed by atoms with E-state index in [1.807, 2.05) is 0 Å². The third kappa shape index (κ3) is 12.2. The Morgan fingerprint density at radius 2 is 1.55 bits per heavy atom. The van der Waals surface area contributed by atoms with Gasteiger partial charge in [0.25, 0.3) is 18.9 Å². The fourth-order valence-corrected chi connectivity index (χ4v) is 6.27. The van der Waals surface area contributed by atoms with Crippen LogP contribution in [-0.4, -0.2) is 121 Å². The molecule has 0 bridgehead atoms. The van der Waals surface area contributed by atoms with Crippen molar-refractivity contribution in [2.45, 2.75) is 37.4 Å². The van der Waals surface area contributed by atoms with E-state index in [4.69, 9.17) is 19.8 Å². The number of carbonyl (C=O) groups is 4. The van der Waals surface area contributed by atoms with Gasteiger partial charge in [-0.3, -0.25) is 24.1 Å². The Morgan fingerprint density at radius 1 is 1.00 bits per heavy atom. The largest absolute Gasteiger partial charge is 0.483 e. The number of rotatable bonds is 9. The number of piperidine rings is 1. The molecule has 0 aliphatic carbocycles. The quantitative estimate of drug-likeness (QED) is 0.280. The highest BCUT2D eigenvalue weighted by atomic mass is 79.9. The first-order valence-electron chi connectivity index (χ1n) is 14.9. The van der Waals surface area contributed by atoms with Crippen LogP contribution in [0.4, 0.5) is 17.6 Å². The van der Waals surface area contributed by atoms with Gasteiger partial charge in [-0.05, 0) is 74.8 Å². The molecule has 2 aromatic carbocycles. The van der Waals surface area contributed by atoms with E-state index in [0.717, 1.165) is 63.3 Å². The van der Waals surface area contributed by atoms with Gasteiger partial charge in [0, 0.05) is 68.7 Å². The van der Waals surface area contributed by atoms with Crippen LogP contribution in [0.5, 0.6) is 0 Å². The number of hydrogen-bond acceptors (Lipinski definition) is 6. The number of likely N-dealkylation sites (tertiary alicyclic amines) is 2. The molecule has 2 N–H and O–H groups in total. The van der Waals surface area contributed by atoms with E-state index in [0.29, 0.717) is 12.5 Å². The van der Waals surface area contributed by atoms with Crippen molar-refractivity contribution in [3.63, 3.8) is 0 Å². The summed E-state index contributed by atoms with van der Waals surface area (Å²) in [6.07, 6.45) is -2.10. The lowest BCUT2D eigenvalue weighted by Gasteiger charge is -2.48. The maximum atomic E-state index is 13.6. The molecule has 2 aliphatic rings. The van der Waals surface area contributed by atoms with Crippen molar-refractivity contribution in [1.29, 1.82) is 0 Å². The summed E-state index contributed by atoms with van der Waals surface area (Å²) in [5.41, 5.74) is -0.0609. The molecule has 2 aliphatic heterocycles. The summed E-state index contributed by atoms with van der Waals surface area (Å²) in [7, 11) is 5.18. The lowest BCUT2D eigenvalue weighted by atomic mass is 9.92. The molecule has 2 saturated heterocycles. The van der Waals surface area contributed by atoms with Crippen molar-refractivity contribution in [3.05, 3.63) is 69.4 Å². The molecule has 2 heterocycles. The fourth-order valence-electron chi connectivity index (χ4n) is 5.78. The summed E-state index contributed by atoms with van der Waals surface area (Å²) in [6, 6.07) is 9.85. The second-order valence-corrected chi connectivity index (χ2v) is 12.5. The molecule has 2 amide bonds. The first kappa shape index (κ1) is 39.6. The van der Waals surface area contributed by atoms with Crippen LogP contribution < -0.4 is 0 Å². The molecular weight excluding hydrogens is 692 g/mol. The third-order valence-electron chi connectivity index (χ3n) is 8.22. The number of hydrogen-bond donors (Lipinski definition) is 2. The Balaban J connectivity index is 0.00000119. The number of benzene rings is 2. The van der Waals surface area contributed by atoms with Crippen LogP contribution in [-0.2, 0) is 20.6 Å². The summed E-state index contributed by atoms with van der Waals surface area (Å²) in [5, 5.41) is 13.8. The molecule has 47 heavy (non-hydrogen) atoms. The average Bonchev–Trinajstić information content (AvgIpc) is 2.99. The lowest BCUT2D eigenvalue weighted by molar-refractivity contribution is -0.137. The van der Waals surface area contributed by atoms with Crippen molar-refractivity contribution in [3.8, 4) is 0 Å². The summed E-state index contributed by atoms with van der Waals surface area (Å²) < 4.78 is 53.8. The Bertz CT molecular complexity index is 1310. The maximum absolute atomic E-state index is 13.6. The van der Waals surface area contributed by atoms with E-state index in [9.17, 15) is 27.2 Å². The topological polar surface area (TPSA) is 122 Å². The van der Waals surface area contributed by atoms with Gasteiger partial charge in [-0.2, -0.15) is 13.2 Å². The molecule has 1 atom stereocenters. The predicted octanol–water partition coefficient (Wildman–Crippen LogP) is 4.74. The van der Waals surface area contributed by atoms with Crippen molar-refractivity contribution in [2.75, 3.05) is 60.4 Å². The summed E-state index contributed by atoms with van der Waals surface area (Å²) in [5.74, 6) is -0.677. The van der Waals surface area contributed by atoms with E-state index < -0.39 is 17.6 Å². The fraction of sp³-hybridized carbons (Fsp3) is 0.500. The Labute approximate surface area is 280 Å². The van der Waals surface area contributed by atoms with E-state index in [1.54, 1.807) is 38.2 Å². The van der Waals surface area contributed by atoms with E-state index >= 15 is 0 Å². The average molecular weight is 734 g/mol. The minimum atomic E-state index is -4.57. The first-order chi connectivity index (χ1) is 22.1. The van der Waals surface area contributed by atoms with Crippen LogP contribution in [0.2, 0.25) is 0 Å². The zero-order valence-electron chi connectivity index (χ0n) is 26.5. The molecule has 0 radical (unpaired) electrons. The van der Waals surface area contributed by atoms with Gasteiger partial charge in [0.2, 0.25) is 5.91 Å². The van der Waals surface area contributed by atoms with Crippen LogP contribution in [0.1, 0.15) is 46.7 Å². The molecule has 0 saturated carbocycles. The standard InChI is InChI=1S/C30H37BrF4N4O2.2CH2O2/c1-36(2)28(40)21-9-12-39(13-10-21)27-18-38(19-27)11-8-22(20-4-6-26(32)7-5-20)17-37(3)29(41)23-14-24(30(33,34)35)16-25(31)15-23;2*2-1-3/h4-7,14-16,21-22,27H,8-13,17-19H2,1-3H3;2*1H,(H,2,3)/t22-;;/m1../s1. The Hall–Kier alpha value is -3.56. The normalized spacial score (nSPS) is 16.3. The van der Waals surface area contributed by atoms with Gasteiger partial charge < -0.3 is 24.9 Å². The number of halogens is 5. The number of amides is 2. The zero-order chi connectivity index (χ0) is 35.3. The van der Waals surface area contributed by atoms with Crippen molar-refractivity contribution in [1.82, 2.24) is 19.6 Å². The van der Waals surface area contributed by atoms with Gasteiger partial charge in [-0.15, -0.1) is 0 Å². The molecule has 2 aromatic rings. The van der Waals surface area contributed by atoms with Crippen LogP contribution >= 0.6 is 15.9 Å². The minimum Gasteiger partial charge on any atom is -0.483 e. The smallest absolute Gasteiger partial charge is 0.416 e. The van der Waals surface area contributed by atoms with E-state index in [-0.39, 0.29) is 53.1 Å². The molecule has 260 valence electrons. The highest BCUT2D eigenvalue weighted by Gasteiger charge is 2.36. The monoisotopic (exact) mass is 732 g/mol. The number of nitrogens with zero attached hydrogens (tertiary/aromatic N) is 4. The molecule has 0 aromatic heterocycles. The zero-order valence-corrected chi connectivity index (χ0v) is 28.1. The van der Waals surface area contributed by atoms with Crippen molar-refractivity contribution < 1.29 is 47.0 Å². The lowest BCUT2D eigenvalue weighted by Crippen LogP contribution is -2.61. The molecule has 0 spiro atoms. The van der Waals surface area contributed by atoms with E-state index in [1.165, 1.54) is 23.1 Å². The highest BCUT2D eigenvalue weighted by Crippen LogP contribution is 2.33. The maximum Gasteiger partial charge on any atom is 0.416 e. The van der Waals surface area contributed by atoms with Crippen LogP contribution in [0.25, 0.3) is 0 Å². The van der Waals surface area contributed by atoms with Gasteiger partial charge in [0.15, 0.2) is 0 Å². The van der Waals surface area contributed by atoms with Gasteiger partial charge in [-0.1, -0.05) is 28.1 Å². The van der Waals surface area contributed by atoms with Gasteiger partial charge >= 0.3 is 6.18 Å². The Kier molecular flexibility index (Phi) is 15.8. The molecule has 0 unspecified atom stereocenters. The molecular formula is C32H41BrF4N4O6. The number of alkyl halides is 3. The van der Waals surface area contributed by atoms with E-state index in [2.05, 4.69) is 25.7 Å². The second-order valence-electron chi connectivity index (χ2n) is 11.6. The highest BCUT2D eigenvalue weighted by molar-refractivity contribution is 9.10. The van der Waals surface area contributed by atoms with Crippen LogP contribution in [0, 0.1) is 11.7 Å².